The van der Waals surface area contributed by atoms with Gasteiger partial charge in [0.15, 0.2) is 5.82 Å². The Kier molecular flexibility index (Phi) is 3.27. The molecule has 4 heteroatoms. The third kappa shape index (κ3) is 2.07. The second-order valence-corrected chi connectivity index (χ2v) is 6.20. The summed E-state index contributed by atoms with van der Waals surface area (Å²) in [6.45, 7) is 5.14. The number of fused-ring (bicyclic) bond motifs is 2. The Morgan fingerprint density at radius 2 is 1.88 bits per heavy atom. The lowest BCUT2D eigenvalue weighted by atomic mass is 10.2. The van der Waals surface area contributed by atoms with E-state index < -0.39 is 0 Å². The van der Waals surface area contributed by atoms with Crippen LogP contribution in [0, 0.1) is 6.92 Å². The SMILES string of the molecule is CCn1c(-c2nc3cc(C=O)ccc3n2C)cc2cc(C)ccc21. The molecule has 0 bridgehead atoms. The van der Waals surface area contributed by atoms with Gasteiger partial charge in [-0.3, -0.25) is 4.79 Å². The molecule has 0 N–H and O–H groups in total. The first-order valence-electron chi connectivity index (χ1n) is 8.14. The minimum atomic E-state index is 0.652. The summed E-state index contributed by atoms with van der Waals surface area (Å²) in [6, 6.07) is 14.4. The Hall–Kier alpha value is -2.88. The third-order valence-electron chi connectivity index (χ3n) is 4.64. The minimum Gasteiger partial charge on any atom is -0.338 e. The molecule has 2 heterocycles. The van der Waals surface area contributed by atoms with Crippen LogP contribution >= 0.6 is 0 Å². The summed E-state index contributed by atoms with van der Waals surface area (Å²) in [7, 11) is 2.02. The van der Waals surface area contributed by atoms with Gasteiger partial charge in [0.1, 0.15) is 6.29 Å². The van der Waals surface area contributed by atoms with Crippen molar-refractivity contribution in [1.29, 1.82) is 0 Å². The second-order valence-electron chi connectivity index (χ2n) is 6.20. The number of aryl methyl sites for hydroxylation is 3. The molecule has 0 radical (unpaired) electrons. The molecule has 0 spiro atoms. The fourth-order valence-electron chi connectivity index (χ4n) is 3.44. The molecule has 2 aromatic carbocycles. The van der Waals surface area contributed by atoms with E-state index >= 15 is 0 Å². The van der Waals surface area contributed by atoms with Crippen LogP contribution in [0.25, 0.3) is 33.5 Å². The maximum atomic E-state index is 11.0. The number of nitrogens with zero attached hydrogens (tertiary/aromatic N) is 3. The van der Waals surface area contributed by atoms with Gasteiger partial charge in [0, 0.05) is 30.1 Å². The van der Waals surface area contributed by atoms with E-state index in [9.17, 15) is 4.79 Å². The molecule has 0 aliphatic heterocycles. The van der Waals surface area contributed by atoms with Gasteiger partial charge in [-0.1, -0.05) is 11.6 Å². The molecule has 0 aliphatic carbocycles. The number of benzene rings is 2. The van der Waals surface area contributed by atoms with Crippen LogP contribution in [-0.2, 0) is 13.6 Å². The highest BCUT2D eigenvalue weighted by Crippen LogP contribution is 2.30. The normalized spacial score (nSPS) is 11.5. The lowest BCUT2D eigenvalue weighted by Crippen LogP contribution is -2.01. The van der Waals surface area contributed by atoms with Crippen LogP contribution < -0.4 is 0 Å². The predicted octanol–water partition coefficient (Wildman–Crippen LogP) is 4.34. The van der Waals surface area contributed by atoms with Crippen LogP contribution in [0.4, 0.5) is 0 Å². The Labute approximate surface area is 140 Å². The highest BCUT2D eigenvalue weighted by molar-refractivity contribution is 5.90. The highest BCUT2D eigenvalue weighted by Gasteiger charge is 2.16. The number of hydrogen-bond donors (Lipinski definition) is 0. The van der Waals surface area contributed by atoms with E-state index in [2.05, 4.69) is 47.2 Å². The summed E-state index contributed by atoms with van der Waals surface area (Å²) in [5, 5.41) is 1.23. The van der Waals surface area contributed by atoms with Crippen molar-refractivity contribution < 1.29 is 4.79 Å². The molecule has 0 saturated heterocycles. The molecule has 0 saturated carbocycles. The quantitative estimate of drug-likeness (QED) is 0.527. The van der Waals surface area contributed by atoms with Crippen LogP contribution in [-0.4, -0.2) is 20.4 Å². The number of carbonyl (C=O) groups excluding carboxylic acids is 1. The van der Waals surface area contributed by atoms with Gasteiger partial charge in [-0.05, 0) is 50.2 Å². The van der Waals surface area contributed by atoms with E-state index in [0.29, 0.717) is 5.56 Å². The van der Waals surface area contributed by atoms with Crippen molar-refractivity contribution in [2.45, 2.75) is 20.4 Å². The Bertz CT molecular complexity index is 1090. The van der Waals surface area contributed by atoms with Gasteiger partial charge in [-0.2, -0.15) is 0 Å². The Morgan fingerprint density at radius 1 is 1.08 bits per heavy atom. The zero-order valence-corrected chi connectivity index (χ0v) is 14.1. The third-order valence-corrected chi connectivity index (χ3v) is 4.64. The van der Waals surface area contributed by atoms with Crippen LogP contribution in [0.5, 0.6) is 0 Å². The second kappa shape index (κ2) is 5.34. The molecular weight excluding hydrogens is 298 g/mol. The first-order chi connectivity index (χ1) is 11.6. The van der Waals surface area contributed by atoms with Gasteiger partial charge in [0.25, 0.3) is 0 Å². The average molecular weight is 317 g/mol. The molecule has 120 valence electrons. The summed E-state index contributed by atoms with van der Waals surface area (Å²) in [5.74, 6) is 0.920. The van der Waals surface area contributed by atoms with Crippen molar-refractivity contribution in [2.75, 3.05) is 0 Å². The van der Waals surface area contributed by atoms with Gasteiger partial charge in [-0.25, -0.2) is 4.98 Å². The Balaban J connectivity index is 2.01. The molecule has 4 nitrogen and oxygen atoms in total. The molecule has 0 aliphatic rings. The van der Waals surface area contributed by atoms with Gasteiger partial charge in [0.05, 0.1) is 16.7 Å². The molecule has 4 aromatic rings. The van der Waals surface area contributed by atoms with Crippen molar-refractivity contribution in [1.82, 2.24) is 14.1 Å². The van der Waals surface area contributed by atoms with Crippen molar-refractivity contribution in [3.8, 4) is 11.5 Å². The summed E-state index contributed by atoms with van der Waals surface area (Å²) < 4.78 is 4.38. The van der Waals surface area contributed by atoms with Crippen molar-refractivity contribution in [3.05, 3.63) is 53.6 Å². The van der Waals surface area contributed by atoms with Crippen LogP contribution in [0.2, 0.25) is 0 Å². The maximum absolute atomic E-state index is 11.0. The molecule has 0 unspecified atom stereocenters. The maximum Gasteiger partial charge on any atom is 0.157 e. The van der Waals surface area contributed by atoms with Crippen LogP contribution in [0.15, 0.2) is 42.5 Å². The number of imidazole rings is 1. The largest absolute Gasteiger partial charge is 0.338 e. The molecule has 2 aromatic heterocycles. The van der Waals surface area contributed by atoms with E-state index in [0.717, 1.165) is 35.4 Å². The average Bonchev–Trinajstić information content (AvgIpc) is 3.11. The molecular formula is C20H19N3O. The fraction of sp³-hybridized carbons (Fsp3) is 0.200. The smallest absolute Gasteiger partial charge is 0.157 e. The molecule has 0 fully saturated rings. The summed E-state index contributed by atoms with van der Waals surface area (Å²) in [4.78, 5) is 15.8. The van der Waals surface area contributed by atoms with Crippen molar-refractivity contribution in [2.24, 2.45) is 7.05 Å². The molecule has 24 heavy (non-hydrogen) atoms. The van der Waals surface area contributed by atoms with E-state index in [1.54, 1.807) is 0 Å². The van der Waals surface area contributed by atoms with Crippen molar-refractivity contribution >= 4 is 28.2 Å². The topological polar surface area (TPSA) is 39.8 Å². The highest BCUT2D eigenvalue weighted by atomic mass is 16.1. The minimum absolute atomic E-state index is 0.652. The van der Waals surface area contributed by atoms with E-state index in [1.807, 2.05) is 25.2 Å². The number of aldehydes is 1. The van der Waals surface area contributed by atoms with Crippen molar-refractivity contribution in [3.63, 3.8) is 0 Å². The predicted molar refractivity (Wildman–Crippen MR) is 97.4 cm³/mol. The van der Waals surface area contributed by atoms with Crippen LogP contribution in [0.3, 0.4) is 0 Å². The molecule has 0 amide bonds. The fourth-order valence-corrected chi connectivity index (χ4v) is 3.44. The summed E-state index contributed by atoms with van der Waals surface area (Å²) in [6.07, 6.45) is 0.861. The Morgan fingerprint density at radius 3 is 2.62 bits per heavy atom. The summed E-state index contributed by atoms with van der Waals surface area (Å²) in [5.41, 5.74) is 6.10. The van der Waals surface area contributed by atoms with E-state index in [-0.39, 0.29) is 0 Å². The molecule has 4 rings (SSSR count). The van der Waals surface area contributed by atoms with Gasteiger partial charge in [-0.15, -0.1) is 0 Å². The van der Waals surface area contributed by atoms with Gasteiger partial charge < -0.3 is 9.13 Å². The first-order valence-corrected chi connectivity index (χ1v) is 8.14. The van der Waals surface area contributed by atoms with Crippen LogP contribution in [0.1, 0.15) is 22.8 Å². The number of carbonyl (C=O) groups is 1. The standard InChI is InChI=1S/C20H19N3O/c1-4-23-17-7-5-13(2)9-15(17)11-19(23)20-21-16-10-14(12-24)6-8-18(16)22(20)3/h5-12H,4H2,1-3H3. The number of hydrogen-bond acceptors (Lipinski definition) is 2. The van der Waals surface area contributed by atoms with Gasteiger partial charge >= 0.3 is 0 Å². The van der Waals surface area contributed by atoms with E-state index in [4.69, 9.17) is 4.98 Å². The number of aromatic nitrogens is 3. The number of rotatable bonds is 3. The first kappa shape index (κ1) is 14.7. The summed E-state index contributed by atoms with van der Waals surface area (Å²) >= 11 is 0. The zero-order valence-electron chi connectivity index (χ0n) is 14.1. The van der Waals surface area contributed by atoms with E-state index in [1.165, 1.54) is 16.5 Å². The zero-order chi connectivity index (χ0) is 16.8. The molecule has 0 atom stereocenters. The lowest BCUT2D eigenvalue weighted by molar-refractivity contribution is 0.112. The lowest BCUT2D eigenvalue weighted by Gasteiger charge is -2.08. The monoisotopic (exact) mass is 317 g/mol. The van der Waals surface area contributed by atoms with Gasteiger partial charge in [0.2, 0.25) is 0 Å².